The summed E-state index contributed by atoms with van der Waals surface area (Å²) in [7, 11) is 1.43. The van der Waals surface area contributed by atoms with Gasteiger partial charge in [-0.3, -0.25) is 4.79 Å². The third kappa shape index (κ3) is 2.00. The maximum atomic E-state index is 13.9. The van der Waals surface area contributed by atoms with Gasteiger partial charge < -0.3 is 23.7 Å². The highest BCUT2D eigenvalue weighted by Crippen LogP contribution is 2.54. The zero-order chi connectivity index (χ0) is 19.5. The van der Waals surface area contributed by atoms with Crippen LogP contribution in [0, 0.1) is 5.82 Å². The monoisotopic (exact) mass is 384 g/mol. The van der Waals surface area contributed by atoms with E-state index >= 15 is 0 Å². The van der Waals surface area contributed by atoms with Gasteiger partial charge in [-0.05, 0) is 42.8 Å². The van der Waals surface area contributed by atoms with Crippen LogP contribution < -0.4 is 14.2 Å². The lowest BCUT2D eigenvalue weighted by Crippen LogP contribution is -2.64. The summed E-state index contributed by atoms with van der Waals surface area (Å²) in [4.78, 5) is 13.6. The SMILES string of the molecule is CO[C@]1(c2ccc3c(c2)OCO3)Oc2cc(F)ccc2C(=O)[C@]12OCC=C2C. The van der Waals surface area contributed by atoms with Crippen LogP contribution >= 0.6 is 0 Å². The van der Waals surface area contributed by atoms with Crippen LogP contribution in [0.25, 0.3) is 0 Å². The van der Waals surface area contributed by atoms with Crippen LogP contribution in [0.5, 0.6) is 17.2 Å². The molecule has 6 nitrogen and oxygen atoms in total. The number of fused-ring (bicyclic) bond motifs is 2. The van der Waals surface area contributed by atoms with Crippen molar-refractivity contribution >= 4 is 5.78 Å². The molecule has 7 heteroatoms. The molecular formula is C21H17FO6. The number of benzene rings is 2. The standard InChI is InChI=1S/C21H17FO6/c1-12-7-8-27-20(12)19(23)15-5-4-14(22)10-17(15)28-21(20,24-2)13-3-6-16-18(9-13)26-11-25-16/h3-7,9-10H,8,11H2,1-2H3/t20-,21+/m0/s1. The molecular weight excluding hydrogens is 367 g/mol. The topological polar surface area (TPSA) is 63.2 Å². The van der Waals surface area contributed by atoms with Crippen molar-refractivity contribution in [3.05, 3.63) is 65.0 Å². The molecule has 3 heterocycles. The molecule has 2 aromatic rings. The number of ketones is 1. The maximum absolute atomic E-state index is 13.9. The highest BCUT2D eigenvalue weighted by Gasteiger charge is 2.67. The smallest absolute Gasteiger partial charge is 0.278 e. The third-order valence-corrected chi connectivity index (χ3v) is 5.51. The fraction of sp³-hybridized carbons (Fsp3) is 0.286. The molecule has 2 aromatic carbocycles. The summed E-state index contributed by atoms with van der Waals surface area (Å²) in [5.41, 5.74) is -0.145. The van der Waals surface area contributed by atoms with Gasteiger partial charge in [0.05, 0.1) is 12.2 Å². The summed E-state index contributed by atoms with van der Waals surface area (Å²) >= 11 is 0. The van der Waals surface area contributed by atoms with Gasteiger partial charge in [-0.1, -0.05) is 6.08 Å². The third-order valence-electron chi connectivity index (χ3n) is 5.51. The van der Waals surface area contributed by atoms with Crippen LogP contribution in [-0.4, -0.2) is 31.9 Å². The van der Waals surface area contributed by atoms with E-state index in [-0.39, 0.29) is 30.5 Å². The van der Waals surface area contributed by atoms with E-state index in [4.69, 9.17) is 23.7 Å². The minimum Gasteiger partial charge on any atom is -0.454 e. The second-order valence-electron chi connectivity index (χ2n) is 6.84. The molecule has 2 atom stereocenters. The predicted octanol–water partition coefficient (Wildman–Crippen LogP) is 3.34. The summed E-state index contributed by atoms with van der Waals surface area (Å²) < 4.78 is 42.9. The Morgan fingerprint density at radius 1 is 1.07 bits per heavy atom. The number of carbonyl (C=O) groups is 1. The summed E-state index contributed by atoms with van der Waals surface area (Å²) in [6.07, 6.45) is 1.82. The van der Waals surface area contributed by atoms with Gasteiger partial charge in [0, 0.05) is 18.7 Å². The van der Waals surface area contributed by atoms with E-state index in [1.165, 1.54) is 25.3 Å². The molecule has 3 aliphatic heterocycles. The number of carbonyl (C=O) groups excluding carboxylic acids is 1. The molecule has 3 aliphatic rings. The Morgan fingerprint density at radius 2 is 1.89 bits per heavy atom. The summed E-state index contributed by atoms with van der Waals surface area (Å²) in [5.74, 6) is -1.35. The lowest BCUT2D eigenvalue weighted by Gasteiger charge is -2.49. The molecule has 0 fully saturated rings. The van der Waals surface area contributed by atoms with Crippen LogP contribution in [0.1, 0.15) is 22.8 Å². The molecule has 28 heavy (non-hydrogen) atoms. The van der Waals surface area contributed by atoms with Gasteiger partial charge in [0.15, 0.2) is 11.5 Å². The molecule has 0 aromatic heterocycles. The molecule has 0 radical (unpaired) electrons. The Morgan fingerprint density at radius 3 is 2.64 bits per heavy atom. The predicted molar refractivity (Wildman–Crippen MR) is 95.1 cm³/mol. The fourth-order valence-corrected chi connectivity index (χ4v) is 4.15. The van der Waals surface area contributed by atoms with E-state index in [0.717, 1.165) is 0 Å². The summed E-state index contributed by atoms with van der Waals surface area (Å²) in [6.45, 7) is 2.13. The fourth-order valence-electron chi connectivity index (χ4n) is 4.15. The van der Waals surface area contributed by atoms with Gasteiger partial charge in [-0.15, -0.1) is 0 Å². The Labute approximate surface area is 160 Å². The van der Waals surface area contributed by atoms with E-state index in [2.05, 4.69) is 0 Å². The molecule has 1 spiro atoms. The average Bonchev–Trinajstić information content (AvgIpc) is 3.31. The normalized spacial score (nSPS) is 27.5. The van der Waals surface area contributed by atoms with E-state index < -0.39 is 17.2 Å². The minimum absolute atomic E-state index is 0.0958. The summed E-state index contributed by atoms with van der Waals surface area (Å²) in [5, 5.41) is 0. The van der Waals surface area contributed by atoms with Crippen molar-refractivity contribution in [3.63, 3.8) is 0 Å². The minimum atomic E-state index is -1.66. The van der Waals surface area contributed by atoms with Crippen LogP contribution in [0.2, 0.25) is 0 Å². The lowest BCUT2D eigenvalue weighted by molar-refractivity contribution is -0.260. The number of methoxy groups -OCH3 is 1. The zero-order valence-corrected chi connectivity index (χ0v) is 15.3. The van der Waals surface area contributed by atoms with E-state index in [9.17, 15) is 9.18 Å². The van der Waals surface area contributed by atoms with Gasteiger partial charge in [0.1, 0.15) is 11.6 Å². The maximum Gasteiger partial charge on any atom is 0.278 e. The number of hydrogen-bond donors (Lipinski definition) is 0. The van der Waals surface area contributed by atoms with Crippen LogP contribution in [0.3, 0.4) is 0 Å². The number of Topliss-reactive ketones (excluding diaryl/α,β-unsaturated/α-hetero) is 1. The van der Waals surface area contributed by atoms with Crippen molar-refractivity contribution in [2.75, 3.05) is 20.5 Å². The summed E-state index contributed by atoms with van der Waals surface area (Å²) in [6, 6.07) is 8.94. The van der Waals surface area contributed by atoms with Crippen molar-refractivity contribution in [2.24, 2.45) is 0 Å². The first-order chi connectivity index (χ1) is 13.5. The average molecular weight is 384 g/mol. The molecule has 144 valence electrons. The van der Waals surface area contributed by atoms with Crippen molar-refractivity contribution in [2.45, 2.75) is 18.3 Å². The molecule has 0 saturated carbocycles. The van der Waals surface area contributed by atoms with Crippen molar-refractivity contribution < 1.29 is 32.9 Å². The van der Waals surface area contributed by atoms with Gasteiger partial charge in [0.25, 0.3) is 5.79 Å². The Hall–Kier alpha value is -2.90. The van der Waals surface area contributed by atoms with Crippen molar-refractivity contribution in [3.8, 4) is 17.2 Å². The van der Waals surface area contributed by atoms with Crippen molar-refractivity contribution in [1.29, 1.82) is 0 Å². The molecule has 0 saturated heterocycles. The first kappa shape index (κ1) is 17.2. The van der Waals surface area contributed by atoms with Crippen LogP contribution in [0.15, 0.2) is 48.0 Å². The van der Waals surface area contributed by atoms with Crippen LogP contribution in [0.4, 0.5) is 4.39 Å². The highest BCUT2D eigenvalue weighted by molar-refractivity contribution is 6.09. The van der Waals surface area contributed by atoms with E-state index in [1.54, 1.807) is 25.1 Å². The Kier molecular flexibility index (Phi) is 3.56. The van der Waals surface area contributed by atoms with Gasteiger partial charge in [0.2, 0.25) is 18.2 Å². The van der Waals surface area contributed by atoms with Gasteiger partial charge >= 0.3 is 0 Å². The molecule has 0 aliphatic carbocycles. The number of halogens is 1. The van der Waals surface area contributed by atoms with E-state index in [1.807, 2.05) is 6.08 Å². The quantitative estimate of drug-likeness (QED) is 0.740. The van der Waals surface area contributed by atoms with Crippen molar-refractivity contribution in [1.82, 2.24) is 0 Å². The zero-order valence-electron chi connectivity index (χ0n) is 15.3. The molecule has 5 rings (SSSR count). The first-order valence-electron chi connectivity index (χ1n) is 8.82. The largest absolute Gasteiger partial charge is 0.454 e. The van der Waals surface area contributed by atoms with E-state index in [0.29, 0.717) is 22.6 Å². The molecule has 0 unspecified atom stereocenters. The number of ether oxygens (including phenoxy) is 5. The number of hydrogen-bond acceptors (Lipinski definition) is 6. The van der Waals surface area contributed by atoms with Gasteiger partial charge in [-0.2, -0.15) is 0 Å². The first-order valence-corrected chi connectivity index (χ1v) is 8.82. The molecule has 0 N–H and O–H groups in total. The Balaban J connectivity index is 1.79. The van der Waals surface area contributed by atoms with Gasteiger partial charge in [-0.25, -0.2) is 4.39 Å². The molecule has 0 amide bonds. The Bertz CT molecular complexity index is 1030. The second kappa shape index (κ2) is 5.80. The lowest BCUT2D eigenvalue weighted by atomic mass is 9.74. The number of rotatable bonds is 2. The highest BCUT2D eigenvalue weighted by atomic mass is 19.1. The molecule has 0 bridgehead atoms. The second-order valence-corrected chi connectivity index (χ2v) is 6.84. The van der Waals surface area contributed by atoms with Crippen LogP contribution in [-0.2, 0) is 15.3 Å².